The van der Waals surface area contributed by atoms with Crippen LogP contribution in [-0.2, 0) is 25.5 Å². The first kappa shape index (κ1) is 30.2. The zero-order chi connectivity index (χ0) is 30.6. The maximum Gasteiger partial charge on any atom is 0.251 e. The number of nitrogens with zero attached hydrogens (tertiary/aromatic N) is 1. The number of amides is 3. The summed E-state index contributed by atoms with van der Waals surface area (Å²) in [5.41, 5.74) is 0.978. The Morgan fingerprint density at radius 1 is 1.02 bits per heavy atom. The largest absolute Gasteiger partial charge is 0.497 e. The number of fused-ring (bicyclic) bond motifs is 1. The Hall–Kier alpha value is -4.25. The van der Waals surface area contributed by atoms with Crippen LogP contribution in [0.15, 0.2) is 48.7 Å². The van der Waals surface area contributed by atoms with Gasteiger partial charge in [-0.1, -0.05) is 43.9 Å². The zero-order valence-electron chi connectivity index (χ0n) is 24.8. The van der Waals surface area contributed by atoms with Gasteiger partial charge in [0.15, 0.2) is 5.78 Å². The van der Waals surface area contributed by atoms with Crippen LogP contribution >= 0.6 is 0 Å². The summed E-state index contributed by atoms with van der Waals surface area (Å²) in [5, 5.41) is 16.1. The molecule has 3 amide bonds. The normalized spacial score (nSPS) is 20.2. The van der Waals surface area contributed by atoms with Crippen LogP contribution < -0.4 is 20.7 Å². The summed E-state index contributed by atoms with van der Waals surface area (Å²) in [4.78, 5) is 53.4. The summed E-state index contributed by atoms with van der Waals surface area (Å²) in [7, 11) is 1.57. The lowest BCUT2D eigenvalue weighted by Crippen LogP contribution is -2.57. The summed E-state index contributed by atoms with van der Waals surface area (Å²) in [6.45, 7) is 3.63. The first-order valence-corrected chi connectivity index (χ1v) is 14.8. The molecule has 1 saturated heterocycles. The minimum atomic E-state index is -0.992. The van der Waals surface area contributed by atoms with E-state index in [0.717, 1.165) is 36.6 Å². The van der Waals surface area contributed by atoms with Crippen LogP contribution in [0.1, 0.15) is 61.9 Å². The van der Waals surface area contributed by atoms with E-state index in [1.807, 2.05) is 12.1 Å². The lowest BCUT2D eigenvalue weighted by molar-refractivity contribution is -0.133. The second-order valence-corrected chi connectivity index (χ2v) is 11.8. The van der Waals surface area contributed by atoms with Crippen LogP contribution in [0.2, 0.25) is 0 Å². The van der Waals surface area contributed by atoms with E-state index < -0.39 is 41.4 Å². The Labute approximate surface area is 250 Å². The number of Topliss-reactive ketones (excluding diaryl/α,β-unsaturated/α-hetero) is 1. The second-order valence-electron chi connectivity index (χ2n) is 11.8. The molecule has 1 saturated carbocycles. The summed E-state index contributed by atoms with van der Waals surface area (Å²) in [6.07, 6.45) is 6.65. The van der Waals surface area contributed by atoms with E-state index in [0.29, 0.717) is 35.8 Å². The molecule has 1 aliphatic carbocycles. The zero-order valence-corrected chi connectivity index (χ0v) is 24.8. The maximum atomic E-state index is 13.8. The average molecular weight is 590 g/mol. The number of aromatic nitrogens is 2. The van der Waals surface area contributed by atoms with Crippen LogP contribution in [0, 0.1) is 5.92 Å². The number of aromatic amines is 1. The number of carbonyl (C=O) groups is 4. The number of ketones is 1. The Balaban J connectivity index is 1.29. The summed E-state index contributed by atoms with van der Waals surface area (Å²) in [5.74, 6) is -0.554. The van der Waals surface area contributed by atoms with Crippen molar-refractivity contribution < 1.29 is 28.7 Å². The van der Waals surface area contributed by atoms with Gasteiger partial charge in [-0.05, 0) is 56.0 Å². The highest BCUT2D eigenvalue weighted by Crippen LogP contribution is 2.33. The molecule has 0 radical (unpaired) electrons. The topological polar surface area (TPSA) is 155 Å². The third-order valence-corrected chi connectivity index (χ3v) is 8.45. The second kappa shape index (κ2) is 12.9. The molecule has 3 aromatic rings. The number of epoxide rings is 1. The van der Waals surface area contributed by atoms with Crippen LogP contribution in [0.25, 0.3) is 10.9 Å². The highest BCUT2D eigenvalue weighted by Gasteiger charge is 2.50. The van der Waals surface area contributed by atoms with Crippen molar-refractivity contribution in [1.82, 2.24) is 26.1 Å². The molecular formula is C32H39N5O6. The van der Waals surface area contributed by atoms with Crippen molar-refractivity contribution in [1.29, 1.82) is 0 Å². The molecule has 0 spiro atoms. The maximum absolute atomic E-state index is 13.8. The van der Waals surface area contributed by atoms with Gasteiger partial charge in [-0.25, -0.2) is 0 Å². The van der Waals surface area contributed by atoms with Crippen molar-refractivity contribution in [2.24, 2.45) is 5.92 Å². The molecule has 43 heavy (non-hydrogen) atoms. The van der Waals surface area contributed by atoms with E-state index in [9.17, 15) is 19.2 Å². The molecule has 2 aliphatic rings. The molecule has 5 rings (SSSR count). The SMILES string of the molecule is COc1ccc(C[C@H](NC(=O)[C@@H](C)NC(=O)c2ccc3cn[nH]c3c2)C(=O)N[C@@H](CC2CCCC2)C(=O)[C@]2(C)CO2)cc1. The Bertz CT molecular complexity index is 1470. The van der Waals surface area contributed by atoms with Crippen molar-refractivity contribution in [2.75, 3.05) is 13.7 Å². The molecule has 11 nitrogen and oxygen atoms in total. The summed E-state index contributed by atoms with van der Waals surface area (Å²) >= 11 is 0. The molecule has 0 unspecified atom stereocenters. The van der Waals surface area contributed by atoms with Crippen LogP contribution in [-0.4, -0.2) is 71.1 Å². The lowest BCUT2D eigenvalue weighted by atomic mass is 9.90. The molecule has 0 bridgehead atoms. The van der Waals surface area contributed by atoms with Crippen LogP contribution in [0.5, 0.6) is 5.75 Å². The summed E-state index contributed by atoms with van der Waals surface area (Å²) < 4.78 is 10.7. The number of benzene rings is 2. The van der Waals surface area contributed by atoms with Gasteiger partial charge in [0.2, 0.25) is 11.8 Å². The molecule has 2 fully saturated rings. The minimum absolute atomic E-state index is 0.142. The van der Waals surface area contributed by atoms with Gasteiger partial charge in [0.1, 0.15) is 23.4 Å². The van der Waals surface area contributed by atoms with Crippen molar-refractivity contribution in [3.63, 3.8) is 0 Å². The van der Waals surface area contributed by atoms with Gasteiger partial charge in [-0.3, -0.25) is 24.3 Å². The average Bonchev–Trinajstić information content (AvgIpc) is 3.36. The van der Waals surface area contributed by atoms with Gasteiger partial charge in [0.05, 0.1) is 31.5 Å². The number of rotatable bonds is 13. The molecule has 1 aromatic heterocycles. The number of ether oxygens (including phenoxy) is 2. The van der Waals surface area contributed by atoms with E-state index in [-0.39, 0.29) is 12.2 Å². The molecule has 2 aromatic carbocycles. The number of nitrogens with one attached hydrogen (secondary N) is 4. The van der Waals surface area contributed by atoms with Gasteiger partial charge in [0, 0.05) is 17.4 Å². The van der Waals surface area contributed by atoms with Crippen LogP contribution in [0.4, 0.5) is 0 Å². The fraction of sp³-hybridized carbons (Fsp3) is 0.469. The lowest BCUT2D eigenvalue weighted by Gasteiger charge is -2.26. The van der Waals surface area contributed by atoms with E-state index in [4.69, 9.17) is 9.47 Å². The number of hydrogen-bond donors (Lipinski definition) is 4. The number of H-pyrrole nitrogens is 1. The number of carbonyl (C=O) groups excluding carboxylic acids is 4. The smallest absolute Gasteiger partial charge is 0.251 e. The Kier molecular flexibility index (Phi) is 9.10. The molecule has 11 heteroatoms. The van der Waals surface area contributed by atoms with E-state index in [2.05, 4.69) is 26.1 Å². The fourth-order valence-electron chi connectivity index (χ4n) is 5.63. The molecule has 4 atom stereocenters. The Morgan fingerprint density at radius 3 is 2.40 bits per heavy atom. The molecular weight excluding hydrogens is 550 g/mol. The van der Waals surface area contributed by atoms with Gasteiger partial charge < -0.3 is 25.4 Å². The number of hydrogen-bond acceptors (Lipinski definition) is 7. The minimum Gasteiger partial charge on any atom is -0.497 e. The van der Waals surface area contributed by atoms with Gasteiger partial charge in [0.25, 0.3) is 5.91 Å². The molecule has 228 valence electrons. The predicted octanol–water partition coefficient (Wildman–Crippen LogP) is 2.84. The van der Waals surface area contributed by atoms with E-state index in [1.165, 1.54) is 0 Å². The number of methoxy groups -OCH3 is 1. The van der Waals surface area contributed by atoms with Crippen molar-refractivity contribution >= 4 is 34.4 Å². The van der Waals surface area contributed by atoms with Crippen molar-refractivity contribution in [2.45, 2.75) is 76.1 Å². The standard InChI is InChI=1S/C32H39N5O6/c1-19(34-30(40)22-10-11-23-17-33-37-25(23)16-22)29(39)36-27(15-21-8-12-24(42-3)13-9-21)31(41)35-26(14-20-6-4-5-7-20)28(38)32(2)18-43-32/h8-13,16-17,19-20,26-27H,4-7,14-15,18H2,1-3H3,(H,33,37)(H,34,40)(H,35,41)(H,36,39)/t19-,26+,27+,32+/m1/s1. The highest BCUT2D eigenvalue weighted by molar-refractivity contribution is 6.01. The monoisotopic (exact) mass is 589 g/mol. The third-order valence-electron chi connectivity index (χ3n) is 8.45. The fourth-order valence-corrected chi connectivity index (χ4v) is 5.63. The van der Waals surface area contributed by atoms with Crippen molar-refractivity contribution in [3.8, 4) is 5.75 Å². The molecule has 2 heterocycles. The van der Waals surface area contributed by atoms with Gasteiger partial charge in [-0.15, -0.1) is 0 Å². The van der Waals surface area contributed by atoms with Crippen molar-refractivity contribution in [3.05, 3.63) is 59.8 Å². The third kappa shape index (κ3) is 7.40. The summed E-state index contributed by atoms with van der Waals surface area (Å²) in [6, 6.07) is 9.64. The first-order valence-electron chi connectivity index (χ1n) is 14.8. The highest BCUT2D eigenvalue weighted by atomic mass is 16.6. The quantitative estimate of drug-likeness (QED) is 0.224. The van der Waals surface area contributed by atoms with Gasteiger partial charge >= 0.3 is 0 Å². The van der Waals surface area contributed by atoms with Crippen LogP contribution in [0.3, 0.4) is 0 Å². The first-order chi connectivity index (χ1) is 20.6. The molecule has 1 aliphatic heterocycles. The van der Waals surface area contributed by atoms with Gasteiger partial charge in [-0.2, -0.15) is 5.10 Å². The molecule has 4 N–H and O–H groups in total. The van der Waals surface area contributed by atoms with E-state index >= 15 is 0 Å². The van der Waals surface area contributed by atoms with E-state index in [1.54, 1.807) is 57.5 Å². The Morgan fingerprint density at radius 2 is 1.72 bits per heavy atom. The predicted molar refractivity (Wildman–Crippen MR) is 160 cm³/mol.